The van der Waals surface area contributed by atoms with Crippen LogP contribution < -0.4 is 10.2 Å². The molecule has 1 amide bonds. The molecule has 0 unspecified atom stereocenters. The lowest BCUT2D eigenvalue weighted by atomic mass is 10.1. The maximum Gasteiger partial charge on any atom is 0.299 e. The third-order valence-electron chi connectivity index (χ3n) is 3.38. The van der Waals surface area contributed by atoms with Crippen molar-refractivity contribution in [2.45, 2.75) is 26.7 Å². The smallest absolute Gasteiger partial charge is 0.299 e. The monoisotopic (exact) mass is 278 g/mol. The number of nitrogens with one attached hydrogen (secondary N) is 1. The molecule has 0 saturated heterocycles. The van der Waals surface area contributed by atoms with E-state index in [0.29, 0.717) is 17.8 Å². The maximum atomic E-state index is 13.3. The number of amides is 1. The summed E-state index contributed by atoms with van der Waals surface area (Å²) < 4.78 is 13.3. The lowest BCUT2D eigenvalue weighted by Gasteiger charge is -2.18. The highest BCUT2D eigenvalue weighted by Gasteiger charge is 2.36. The van der Waals surface area contributed by atoms with Gasteiger partial charge in [-0.15, -0.1) is 0 Å². The van der Waals surface area contributed by atoms with Crippen LogP contribution in [-0.2, 0) is 4.79 Å². The Kier molecular flexibility index (Phi) is 4.49. The number of ketones is 1. The first-order valence-corrected chi connectivity index (χ1v) is 6.93. The fourth-order valence-electron chi connectivity index (χ4n) is 2.48. The van der Waals surface area contributed by atoms with Gasteiger partial charge in [0, 0.05) is 6.54 Å². The Balaban J connectivity index is 2.12. The summed E-state index contributed by atoms with van der Waals surface area (Å²) in [6.45, 7) is 6.01. The van der Waals surface area contributed by atoms with Crippen molar-refractivity contribution < 1.29 is 14.0 Å². The predicted molar refractivity (Wildman–Crippen MR) is 75.6 cm³/mol. The van der Waals surface area contributed by atoms with Crippen LogP contribution in [0.4, 0.5) is 10.1 Å². The van der Waals surface area contributed by atoms with Crippen LogP contribution in [-0.4, -0.2) is 31.3 Å². The Hall–Kier alpha value is -1.75. The molecule has 5 heteroatoms. The van der Waals surface area contributed by atoms with Gasteiger partial charge < -0.3 is 10.2 Å². The second-order valence-corrected chi connectivity index (χ2v) is 5.01. The molecular weight excluding hydrogens is 259 g/mol. The zero-order chi connectivity index (χ0) is 14.7. The van der Waals surface area contributed by atoms with Gasteiger partial charge in [0.25, 0.3) is 11.7 Å². The van der Waals surface area contributed by atoms with E-state index in [1.54, 1.807) is 6.92 Å². The summed E-state index contributed by atoms with van der Waals surface area (Å²) >= 11 is 0. The normalized spacial score (nSPS) is 14.1. The van der Waals surface area contributed by atoms with E-state index in [0.717, 1.165) is 32.0 Å². The van der Waals surface area contributed by atoms with Gasteiger partial charge >= 0.3 is 0 Å². The molecule has 20 heavy (non-hydrogen) atoms. The molecule has 1 heterocycles. The maximum absolute atomic E-state index is 13.3. The number of nitrogens with zero attached hydrogens (tertiary/aromatic N) is 1. The number of hydrogen-bond donors (Lipinski definition) is 1. The third kappa shape index (κ3) is 2.72. The van der Waals surface area contributed by atoms with Gasteiger partial charge in [-0.3, -0.25) is 9.59 Å². The minimum absolute atomic E-state index is 0.189. The van der Waals surface area contributed by atoms with E-state index in [4.69, 9.17) is 0 Å². The number of anilines is 1. The lowest BCUT2D eigenvalue weighted by Crippen LogP contribution is -2.32. The van der Waals surface area contributed by atoms with Crippen molar-refractivity contribution in [2.75, 3.05) is 24.5 Å². The molecule has 4 nitrogen and oxygen atoms in total. The van der Waals surface area contributed by atoms with E-state index in [9.17, 15) is 14.0 Å². The van der Waals surface area contributed by atoms with Gasteiger partial charge in [0.2, 0.25) is 0 Å². The van der Waals surface area contributed by atoms with Crippen LogP contribution in [0.1, 0.15) is 35.7 Å². The number of carbonyl (C=O) groups excluding carboxylic acids is 2. The molecule has 1 N–H and O–H groups in total. The van der Waals surface area contributed by atoms with Gasteiger partial charge in [-0.1, -0.05) is 6.92 Å². The lowest BCUT2D eigenvalue weighted by molar-refractivity contribution is -0.114. The summed E-state index contributed by atoms with van der Waals surface area (Å²) in [5, 5.41) is 3.25. The topological polar surface area (TPSA) is 49.4 Å². The molecule has 1 aliphatic rings. The minimum atomic E-state index is -0.607. The molecule has 0 aliphatic carbocycles. The van der Waals surface area contributed by atoms with Crippen molar-refractivity contribution in [3.8, 4) is 0 Å². The number of benzene rings is 1. The highest BCUT2D eigenvalue weighted by Crippen LogP contribution is 2.33. The largest absolute Gasteiger partial charge is 0.317 e. The Bertz CT molecular complexity index is 543. The summed E-state index contributed by atoms with van der Waals surface area (Å²) in [7, 11) is 0. The Morgan fingerprint density at radius 2 is 2.00 bits per heavy atom. The van der Waals surface area contributed by atoms with Crippen LogP contribution in [0.25, 0.3) is 0 Å². The Morgan fingerprint density at radius 3 is 2.70 bits per heavy atom. The molecular formula is C15H19FN2O2. The van der Waals surface area contributed by atoms with Gasteiger partial charge in [-0.05, 0) is 50.6 Å². The quantitative estimate of drug-likeness (QED) is 0.640. The average Bonchev–Trinajstić information content (AvgIpc) is 2.64. The van der Waals surface area contributed by atoms with E-state index in [1.807, 2.05) is 0 Å². The number of hydrogen-bond acceptors (Lipinski definition) is 3. The fourth-order valence-corrected chi connectivity index (χ4v) is 2.48. The van der Waals surface area contributed by atoms with Crippen molar-refractivity contribution in [1.82, 2.24) is 5.32 Å². The first-order valence-electron chi connectivity index (χ1n) is 6.93. The Labute approximate surface area is 118 Å². The summed E-state index contributed by atoms with van der Waals surface area (Å²) in [4.78, 5) is 25.3. The third-order valence-corrected chi connectivity index (χ3v) is 3.38. The highest BCUT2D eigenvalue weighted by molar-refractivity contribution is 6.52. The predicted octanol–water partition coefficient (Wildman–Crippen LogP) is 2.05. The average molecular weight is 278 g/mol. The van der Waals surface area contributed by atoms with Gasteiger partial charge in [0.15, 0.2) is 0 Å². The molecule has 108 valence electrons. The van der Waals surface area contributed by atoms with E-state index >= 15 is 0 Å². The molecule has 0 aromatic heterocycles. The van der Waals surface area contributed by atoms with Crippen molar-refractivity contribution in [2.24, 2.45) is 0 Å². The number of aryl methyl sites for hydroxylation is 1. The van der Waals surface area contributed by atoms with Crippen LogP contribution >= 0.6 is 0 Å². The molecule has 0 bridgehead atoms. The van der Waals surface area contributed by atoms with Crippen molar-refractivity contribution in [3.63, 3.8) is 0 Å². The molecule has 0 radical (unpaired) electrons. The van der Waals surface area contributed by atoms with Crippen molar-refractivity contribution >= 4 is 17.4 Å². The zero-order valence-corrected chi connectivity index (χ0v) is 11.8. The van der Waals surface area contributed by atoms with Gasteiger partial charge in [0.05, 0.1) is 11.3 Å². The molecule has 0 fully saturated rings. The number of carbonyl (C=O) groups is 2. The molecule has 1 aromatic carbocycles. The van der Waals surface area contributed by atoms with Crippen molar-refractivity contribution in [3.05, 3.63) is 29.1 Å². The van der Waals surface area contributed by atoms with Crippen LogP contribution in [0.2, 0.25) is 0 Å². The number of rotatable bonds is 6. The number of halogens is 1. The van der Waals surface area contributed by atoms with E-state index in [-0.39, 0.29) is 5.56 Å². The minimum Gasteiger partial charge on any atom is -0.317 e. The summed E-state index contributed by atoms with van der Waals surface area (Å²) in [5.74, 6) is -1.64. The standard InChI is InChI=1S/C15H19FN2O2/c1-3-5-17-6-4-7-18-13-10(2)8-11(16)9-12(13)14(19)15(18)20/h8-9,17H,3-7H2,1-2H3. The van der Waals surface area contributed by atoms with E-state index < -0.39 is 17.5 Å². The molecule has 0 saturated carbocycles. The number of Topliss-reactive ketones (excluding diaryl/α,β-unsaturated/α-hetero) is 1. The highest BCUT2D eigenvalue weighted by atomic mass is 19.1. The second-order valence-electron chi connectivity index (χ2n) is 5.01. The van der Waals surface area contributed by atoms with Crippen LogP contribution in [0, 0.1) is 12.7 Å². The van der Waals surface area contributed by atoms with Crippen molar-refractivity contribution in [1.29, 1.82) is 0 Å². The second kappa shape index (κ2) is 6.13. The first-order chi connectivity index (χ1) is 9.56. The summed E-state index contributed by atoms with van der Waals surface area (Å²) in [6.07, 6.45) is 1.82. The van der Waals surface area contributed by atoms with Gasteiger partial charge in [0.1, 0.15) is 5.82 Å². The molecule has 0 atom stereocenters. The molecule has 0 spiro atoms. The fraction of sp³-hybridized carbons (Fsp3) is 0.467. The van der Waals surface area contributed by atoms with Crippen LogP contribution in [0.15, 0.2) is 12.1 Å². The SMILES string of the molecule is CCCNCCCN1C(=O)C(=O)c2cc(F)cc(C)c21. The van der Waals surface area contributed by atoms with E-state index in [1.165, 1.54) is 11.0 Å². The van der Waals surface area contributed by atoms with Gasteiger partial charge in [-0.25, -0.2) is 4.39 Å². The summed E-state index contributed by atoms with van der Waals surface area (Å²) in [6, 6.07) is 2.50. The van der Waals surface area contributed by atoms with Crippen LogP contribution in [0.5, 0.6) is 0 Å². The first kappa shape index (κ1) is 14.7. The van der Waals surface area contributed by atoms with Gasteiger partial charge in [-0.2, -0.15) is 0 Å². The van der Waals surface area contributed by atoms with Crippen LogP contribution in [0.3, 0.4) is 0 Å². The zero-order valence-electron chi connectivity index (χ0n) is 11.8. The molecule has 1 aliphatic heterocycles. The number of fused-ring (bicyclic) bond motifs is 1. The summed E-state index contributed by atoms with van der Waals surface area (Å²) in [5.41, 5.74) is 1.38. The molecule has 2 rings (SSSR count). The van der Waals surface area contributed by atoms with E-state index in [2.05, 4.69) is 12.2 Å². The molecule has 1 aromatic rings. The Morgan fingerprint density at radius 1 is 1.25 bits per heavy atom.